The highest BCUT2D eigenvalue weighted by atomic mass is 15.2. The summed E-state index contributed by atoms with van der Waals surface area (Å²) in [6.45, 7) is 8.24. The van der Waals surface area contributed by atoms with E-state index in [0.717, 1.165) is 36.6 Å². The molecular weight excluding hydrogens is 332 g/mol. The minimum absolute atomic E-state index is 0.0962. The van der Waals surface area contributed by atoms with Gasteiger partial charge in [-0.3, -0.25) is 0 Å². The van der Waals surface area contributed by atoms with Gasteiger partial charge in [0.2, 0.25) is 5.95 Å². The molecule has 2 heterocycles. The summed E-state index contributed by atoms with van der Waals surface area (Å²) in [5.74, 6) is 1.66. The minimum Gasteiger partial charge on any atom is -0.352 e. The number of anilines is 2. The van der Waals surface area contributed by atoms with Gasteiger partial charge in [-0.15, -0.1) is 0 Å². The van der Waals surface area contributed by atoms with Gasteiger partial charge in [-0.2, -0.15) is 4.98 Å². The lowest BCUT2D eigenvalue weighted by Gasteiger charge is -2.30. The molecule has 27 heavy (non-hydrogen) atoms. The molecule has 0 atom stereocenters. The van der Waals surface area contributed by atoms with Crippen LogP contribution in [-0.4, -0.2) is 22.1 Å². The smallest absolute Gasteiger partial charge is 0.225 e. The lowest BCUT2D eigenvalue weighted by molar-refractivity contribution is 0.625. The normalized spacial score (nSPS) is 14.0. The average Bonchev–Trinajstić information content (AvgIpc) is 2.67. The first-order valence-electron chi connectivity index (χ1n) is 9.52. The Morgan fingerprint density at radius 2 is 1.59 bits per heavy atom. The summed E-state index contributed by atoms with van der Waals surface area (Å²) < 4.78 is 0. The highest BCUT2D eigenvalue weighted by Crippen LogP contribution is 2.28. The number of nitrogens with one attached hydrogen (secondary N) is 1. The Kier molecular flexibility index (Phi) is 4.56. The zero-order chi connectivity index (χ0) is 18.9. The van der Waals surface area contributed by atoms with Crippen molar-refractivity contribution in [3.8, 4) is 11.3 Å². The van der Waals surface area contributed by atoms with Crippen LogP contribution in [0.1, 0.15) is 31.9 Å². The maximum atomic E-state index is 4.84. The van der Waals surface area contributed by atoms with Crippen LogP contribution in [0.25, 0.3) is 11.3 Å². The molecule has 0 unspecified atom stereocenters. The number of nitrogens with zero attached hydrogens (tertiary/aromatic N) is 3. The van der Waals surface area contributed by atoms with Crippen molar-refractivity contribution < 1.29 is 0 Å². The first-order valence-corrected chi connectivity index (χ1v) is 9.52. The van der Waals surface area contributed by atoms with Crippen molar-refractivity contribution in [2.45, 2.75) is 39.3 Å². The van der Waals surface area contributed by atoms with Crippen LogP contribution in [0, 0.1) is 0 Å². The quantitative estimate of drug-likeness (QED) is 0.722. The molecule has 0 saturated carbocycles. The van der Waals surface area contributed by atoms with E-state index in [1.165, 1.54) is 11.1 Å². The molecule has 1 aliphatic rings. The summed E-state index contributed by atoms with van der Waals surface area (Å²) in [4.78, 5) is 12.0. The maximum Gasteiger partial charge on any atom is 0.225 e. The lowest BCUT2D eigenvalue weighted by atomic mass is 10.00. The van der Waals surface area contributed by atoms with E-state index in [1.807, 2.05) is 18.2 Å². The molecular formula is C23H26N4. The number of hydrogen-bond acceptors (Lipinski definition) is 4. The van der Waals surface area contributed by atoms with E-state index in [4.69, 9.17) is 9.97 Å². The third-order valence-corrected chi connectivity index (χ3v) is 4.72. The number of fused-ring (bicyclic) bond motifs is 1. The van der Waals surface area contributed by atoms with Gasteiger partial charge in [0.25, 0.3) is 0 Å². The molecule has 3 aromatic rings. The van der Waals surface area contributed by atoms with Gasteiger partial charge in [-0.1, -0.05) is 54.6 Å². The zero-order valence-electron chi connectivity index (χ0n) is 16.2. The van der Waals surface area contributed by atoms with Gasteiger partial charge in [0.15, 0.2) is 0 Å². The van der Waals surface area contributed by atoms with Crippen LogP contribution in [0.4, 0.5) is 11.8 Å². The van der Waals surface area contributed by atoms with Crippen molar-refractivity contribution >= 4 is 11.8 Å². The van der Waals surface area contributed by atoms with Crippen molar-refractivity contribution in [2.75, 3.05) is 16.8 Å². The summed E-state index contributed by atoms with van der Waals surface area (Å²) in [6, 6.07) is 21.1. The second kappa shape index (κ2) is 7.03. The summed E-state index contributed by atoms with van der Waals surface area (Å²) in [5.41, 5.74) is 4.79. The number of aromatic nitrogens is 2. The predicted molar refractivity (Wildman–Crippen MR) is 112 cm³/mol. The Hall–Kier alpha value is -2.88. The second-order valence-corrected chi connectivity index (χ2v) is 8.12. The van der Waals surface area contributed by atoms with E-state index in [2.05, 4.69) is 73.5 Å². The monoisotopic (exact) mass is 358 g/mol. The van der Waals surface area contributed by atoms with Crippen LogP contribution in [0.3, 0.4) is 0 Å². The van der Waals surface area contributed by atoms with Gasteiger partial charge < -0.3 is 10.2 Å². The summed E-state index contributed by atoms with van der Waals surface area (Å²) in [6.07, 6.45) is 1.04. The van der Waals surface area contributed by atoms with Gasteiger partial charge in [0.1, 0.15) is 5.82 Å². The summed E-state index contributed by atoms with van der Waals surface area (Å²) >= 11 is 0. The molecule has 138 valence electrons. The van der Waals surface area contributed by atoms with E-state index in [1.54, 1.807) is 0 Å². The fraction of sp³-hybridized carbons (Fsp3) is 0.304. The number of benzene rings is 2. The van der Waals surface area contributed by atoms with Crippen LogP contribution in [-0.2, 0) is 13.0 Å². The Labute approximate surface area is 161 Å². The summed E-state index contributed by atoms with van der Waals surface area (Å²) in [5, 5.41) is 3.44. The molecule has 0 amide bonds. The molecule has 0 fully saturated rings. The van der Waals surface area contributed by atoms with Gasteiger partial charge in [-0.25, -0.2) is 4.98 Å². The molecule has 4 heteroatoms. The Bertz CT molecular complexity index is 929. The third-order valence-electron chi connectivity index (χ3n) is 4.72. The fourth-order valence-electron chi connectivity index (χ4n) is 3.44. The number of hydrogen-bond donors (Lipinski definition) is 1. The molecule has 1 N–H and O–H groups in total. The first-order chi connectivity index (χ1) is 13.0. The van der Waals surface area contributed by atoms with Gasteiger partial charge in [0.05, 0.1) is 5.69 Å². The van der Waals surface area contributed by atoms with E-state index in [0.29, 0.717) is 5.95 Å². The molecule has 0 bridgehead atoms. The van der Waals surface area contributed by atoms with Gasteiger partial charge in [0, 0.05) is 30.3 Å². The Morgan fingerprint density at radius 1 is 0.889 bits per heavy atom. The Balaban J connectivity index is 1.72. The predicted octanol–water partition coefficient (Wildman–Crippen LogP) is 4.92. The largest absolute Gasteiger partial charge is 0.352 e. The van der Waals surface area contributed by atoms with Crippen molar-refractivity contribution in [3.05, 3.63) is 71.8 Å². The van der Waals surface area contributed by atoms with E-state index >= 15 is 0 Å². The molecule has 4 nitrogen and oxygen atoms in total. The van der Waals surface area contributed by atoms with Gasteiger partial charge in [-0.05, 0) is 38.3 Å². The molecule has 2 aromatic carbocycles. The molecule has 4 rings (SSSR count). The highest BCUT2D eigenvalue weighted by Gasteiger charge is 2.20. The lowest BCUT2D eigenvalue weighted by Crippen LogP contribution is -2.32. The van der Waals surface area contributed by atoms with Crippen LogP contribution < -0.4 is 10.2 Å². The SMILES string of the molecule is CC(C)(C)Nc1nc(-c2ccccc2)cc(N2CCc3ccccc3C2)n1. The highest BCUT2D eigenvalue weighted by molar-refractivity contribution is 5.65. The van der Waals surface area contributed by atoms with Crippen molar-refractivity contribution in [2.24, 2.45) is 0 Å². The molecule has 0 aliphatic carbocycles. The average molecular weight is 358 g/mol. The standard InChI is InChI=1S/C23H26N4/c1-23(2,3)26-22-24-20(18-10-5-4-6-11-18)15-21(25-22)27-14-13-17-9-7-8-12-19(17)16-27/h4-12,15H,13-14,16H2,1-3H3,(H,24,25,26). The van der Waals surface area contributed by atoms with Crippen LogP contribution >= 0.6 is 0 Å². The van der Waals surface area contributed by atoms with Crippen molar-refractivity contribution in [3.63, 3.8) is 0 Å². The minimum atomic E-state index is -0.0962. The van der Waals surface area contributed by atoms with Crippen LogP contribution in [0.2, 0.25) is 0 Å². The molecule has 0 saturated heterocycles. The molecule has 1 aromatic heterocycles. The summed E-state index contributed by atoms with van der Waals surface area (Å²) in [7, 11) is 0. The van der Waals surface area contributed by atoms with Gasteiger partial charge >= 0.3 is 0 Å². The molecule has 0 spiro atoms. The van der Waals surface area contributed by atoms with Crippen molar-refractivity contribution in [1.82, 2.24) is 9.97 Å². The van der Waals surface area contributed by atoms with Crippen molar-refractivity contribution in [1.29, 1.82) is 0 Å². The van der Waals surface area contributed by atoms with Crippen LogP contribution in [0.15, 0.2) is 60.7 Å². The Morgan fingerprint density at radius 3 is 2.33 bits per heavy atom. The zero-order valence-corrected chi connectivity index (χ0v) is 16.2. The van der Waals surface area contributed by atoms with E-state index in [-0.39, 0.29) is 5.54 Å². The van der Waals surface area contributed by atoms with E-state index in [9.17, 15) is 0 Å². The first kappa shape index (κ1) is 17.5. The number of rotatable bonds is 3. The topological polar surface area (TPSA) is 41.1 Å². The molecule has 1 aliphatic heterocycles. The molecule has 0 radical (unpaired) electrons. The second-order valence-electron chi connectivity index (χ2n) is 8.12. The van der Waals surface area contributed by atoms with E-state index < -0.39 is 0 Å². The maximum absolute atomic E-state index is 4.84. The third kappa shape index (κ3) is 4.11. The fourth-order valence-corrected chi connectivity index (χ4v) is 3.44. The van der Waals surface area contributed by atoms with Crippen LogP contribution in [0.5, 0.6) is 0 Å².